The van der Waals surface area contributed by atoms with E-state index in [1.54, 1.807) is 12.1 Å². The summed E-state index contributed by atoms with van der Waals surface area (Å²) >= 11 is 12.4. The summed E-state index contributed by atoms with van der Waals surface area (Å²) in [5.74, 6) is 0. The van der Waals surface area contributed by atoms with E-state index in [1.165, 1.54) is 6.07 Å². The molecule has 31 heavy (non-hydrogen) atoms. The lowest BCUT2D eigenvalue weighted by molar-refractivity contribution is -0.112. The summed E-state index contributed by atoms with van der Waals surface area (Å²) < 4.78 is 25.5. The van der Waals surface area contributed by atoms with Gasteiger partial charge in [-0.1, -0.05) is 83.9 Å². The van der Waals surface area contributed by atoms with Crippen molar-refractivity contribution in [3.8, 4) is 0 Å². The van der Waals surface area contributed by atoms with Crippen molar-refractivity contribution in [2.75, 3.05) is 19.3 Å². The van der Waals surface area contributed by atoms with Crippen LogP contribution in [0.3, 0.4) is 0 Å². The van der Waals surface area contributed by atoms with E-state index in [1.807, 2.05) is 60.7 Å². The van der Waals surface area contributed by atoms with E-state index in [-0.39, 0.29) is 24.2 Å². The van der Waals surface area contributed by atoms with E-state index in [2.05, 4.69) is 4.90 Å². The number of hydrogen-bond donors (Lipinski definition) is 1. The molecular formula is C24H23Cl2NO3S. The molecule has 0 amide bonds. The van der Waals surface area contributed by atoms with Crippen LogP contribution in [0.5, 0.6) is 0 Å². The molecule has 0 spiro atoms. The Hall–Kier alpha value is -1.89. The molecule has 0 bridgehead atoms. The van der Waals surface area contributed by atoms with Crippen molar-refractivity contribution in [1.29, 1.82) is 0 Å². The van der Waals surface area contributed by atoms with Gasteiger partial charge in [-0.05, 0) is 34.9 Å². The van der Waals surface area contributed by atoms with E-state index in [9.17, 15) is 13.5 Å². The number of nitrogens with zero attached hydrogens (tertiary/aromatic N) is 1. The number of halogens is 2. The lowest BCUT2D eigenvalue weighted by Gasteiger charge is -2.53. The standard InChI is InChI=1S/C24H23Cl2NO3S/c1-31(29,30)23(20-14-19(25)12-13-21(20)26)24(28)15-27(16-24)22(17-8-4-2-5-9-17)18-10-6-3-7-11-18/h2-14,22-23,28H,15-16H2,1H3. The third kappa shape index (κ3) is 4.52. The Morgan fingerprint density at radius 3 is 1.90 bits per heavy atom. The maximum Gasteiger partial charge on any atom is 0.157 e. The topological polar surface area (TPSA) is 57.6 Å². The number of hydrogen-bond acceptors (Lipinski definition) is 4. The number of likely N-dealkylation sites (tertiary alicyclic amines) is 1. The summed E-state index contributed by atoms with van der Waals surface area (Å²) in [6, 6.07) is 24.6. The first-order chi connectivity index (χ1) is 14.7. The van der Waals surface area contributed by atoms with Crippen LogP contribution in [0, 0.1) is 0 Å². The van der Waals surface area contributed by atoms with Gasteiger partial charge in [-0.3, -0.25) is 4.90 Å². The van der Waals surface area contributed by atoms with Crippen LogP contribution < -0.4 is 0 Å². The second-order valence-electron chi connectivity index (χ2n) is 8.11. The molecule has 0 aromatic heterocycles. The molecule has 1 atom stereocenters. The van der Waals surface area contributed by atoms with Gasteiger partial charge in [0, 0.05) is 29.4 Å². The molecule has 1 heterocycles. The molecule has 162 valence electrons. The second kappa shape index (κ2) is 8.57. The van der Waals surface area contributed by atoms with Crippen LogP contribution in [-0.2, 0) is 9.84 Å². The Labute approximate surface area is 193 Å². The van der Waals surface area contributed by atoms with Crippen LogP contribution in [0.4, 0.5) is 0 Å². The average molecular weight is 476 g/mol. The Morgan fingerprint density at radius 1 is 0.903 bits per heavy atom. The highest BCUT2D eigenvalue weighted by Gasteiger charge is 2.54. The molecule has 4 rings (SSSR count). The molecule has 4 nitrogen and oxygen atoms in total. The fraction of sp³-hybridized carbons (Fsp3) is 0.250. The summed E-state index contributed by atoms with van der Waals surface area (Å²) in [6.45, 7) is 0.365. The maximum absolute atomic E-state index is 12.8. The summed E-state index contributed by atoms with van der Waals surface area (Å²) in [4.78, 5) is 2.08. The molecule has 0 aliphatic carbocycles. The van der Waals surface area contributed by atoms with Crippen LogP contribution in [0.1, 0.15) is 28.0 Å². The van der Waals surface area contributed by atoms with Gasteiger partial charge >= 0.3 is 0 Å². The Kier molecular flexibility index (Phi) is 6.16. The SMILES string of the molecule is CS(=O)(=O)C(c1cc(Cl)ccc1Cl)C1(O)CN(C(c2ccccc2)c2ccccc2)C1. The van der Waals surface area contributed by atoms with Crippen LogP contribution in [0.2, 0.25) is 10.0 Å². The molecule has 3 aromatic carbocycles. The van der Waals surface area contributed by atoms with Gasteiger partial charge in [-0.25, -0.2) is 8.42 Å². The third-order valence-corrected chi connectivity index (χ3v) is 7.83. The zero-order valence-electron chi connectivity index (χ0n) is 16.9. The Balaban J connectivity index is 1.70. The zero-order valence-corrected chi connectivity index (χ0v) is 19.3. The molecule has 0 radical (unpaired) electrons. The fourth-order valence-corrected chi connectivity index (χ4v) is 6.60. The first-order valence-electron chi connectivity index (χ1n) is 9.89. The summed E-state index contributed by atoms with van der Waals surface area (Å²) in [5, 5.41) is 10.9. The van der Waals surface area contributed by atoms with E-state index < -0.39 is 20.7 Å². The maximum atomic E-state index is 12.8. The van der Waals surface area contributed by atoms with Crippen LogP contribution in [0.15, 0.2) is 78.9 Å². The van der Waals surface area contributed by atoms with Crippen LogP contribution in [0.25, 0.3) is 0 Å². The summed E-state index contributed by atoms with van der Waals surface area (Å²) in [5.41, 5.74) is 0.999. The van der Waals surface area contributed by atoms with Gasteiger partial charge in [0.1, 0.15) is 10.9 Å². The van der Waals surface area contributed by atoms with E-state index in [4.69, 9.17) is 23.2 Å². The zero-order chi connectivity index (χ0) is 22.2. The lowest BCUT2D eigenvalue weighted by atomic mass is 9.82. The highest BCUT2D eigenvalue weighted by atomic mass is 35.5. The normalized spacial score (nSPS) is 17.3. The van der Waals surface area contributed by atoms with Crippen LogP contribution >= 0.6 is 23.2 Å². The molecule has 7 heteroatoms. The first kappa shape index (κ1) is 22.3. The molecule has 1 fully saturated rings. The molecule has 3 aromatic rings. The number of benzene rings is 3. The molecule has 1 N–H and O–H groups in total. The van der Waals surface area contributed by atoms with Gasteiger partial charge in [0.05, 0.1) is 6.04 Å². The van der Waals surface area contributed by atoms with Gasteiger partial charge in [0.15, 0.2) is 9.84 Å². The lowest BCUT2D eigenvalue weighted by Crippen LogP contribution is -2.66. The van der Waals surface area contributed by atoms with Gasteiger partial charge < -0.3 is 5.11 Å². The third-order valence-electron chi connectivity index (χ3n) is 5.71. The van der Waals surface area contributed by atoms with Gasteiger partial charge in [-0.15, -0.1) is 0 Å². The molecule has 1 unspecified atom stereocenters. The van der Waals surface area contributed by atoms with Crippen molar-refractivity contribution in [1.82, 2.24) is 4.90 Å². The number of sulfone groups is 1. The highest BCUT2D eigenvalue weighted by Crippen LogP contribution is 2.46. The minimum atomic E-state index is -3.67. The summed E-state index contributed by atoms with van der Waals surface area (Å²) in [6.07, 6.45) is 1.13. The number of β-amino-alcohol motifs (C(OH)–C–C–N with tert-alkyl or cyclic N) is 1. The van der Waals surface area contributed by atoms with Gasteiger partial charge in [-0.2, -0.15) is 0 Å². The van der Waals surface area contributed by atoms with E-state index in [0.717, 1.165) is 17.4 Å². The first-order valence-corrected chi connectivity index (χ1v) is 12.6. The minimum Gasteiger partial charge on any atom is -0.385 e. The number of rotatable bonds is 6. The van der Waals surface area contributed by atoms with Gasteiger partial charge in [0.25, 0.3) is 0 Å². The minimum absolute atomic E-state index is 0.0993. The van der Waals surface area contributed by atoms with Crippen LogP contribution in [-0.4, -0.2) is 43.4 Å². The molecule has 0 saturated carbocycles. The Morgan fingerprint density at radius 2 is 1.42 bits per heavy atom. The highest BCUT2D eigenvalue weighted by molar-refractivity contribution is 7.91. The van der Waals surface area contributed by atoms with Crippen molar-refractivity contribution >= 4 is 33.0 Å². The molecular weight excluding hydrogens is 453 g/mol. The van der Waals surface area contributed by atoms with Gasteiger partial charge in [0.2, 0.25) is 0 Å². The number of aliphatic hydroxyl groups is 1. The fourth-order valence-electron chi connectivity index (χ4n) is 4.52. The van der Waals surface area contributed by atoms with Crippen molar-refractivity contribution in [3.05, 3.63) is 106 Å². The Bertz CT molecular complexity index is 1120. The van der Waals surface area contributed by atoms with E-state index >= 15 is 0 Å². The predicted molar refractivity (Wildman–Crippen MR) is 125 cm³/mol. The van der Waals surface area contributed by atoms with Crippen molar-refractivity contribution < 1.29 is 13.5 Å². The molecule has 1 aliphatic heterocycles. The largest absolute Gasteiger partial charge is 0.385 e. The molecule has 1 saturated heterocycles. The van der Waals surface area contributed by atoms with Crippen molar-refractivity contribution in [3.63, 3.8) is 0 Å². The average Bonchev–Trinajstić information content (AvgIpc) is 2.70. The quantitative estimate of drug-likeness (QED) is 0.549. The van der Waals surface area contributed by atoms with Crippen molar-refractivity contribution in [2.24, 2.45) is 0 Å². The smallest absolute Gasteiger partial charge is 0.157 e. The molecule has 1 aliphatic rings. The van der Waals surface area contributed by atoms with Crippen molar-refractivity contribution in [2.45, 2.75) is 16.9 Å². The predicted octanol–water partition coefficient (Wildman–Crippen LogP) is 4.92. The second-order valence-corrected chi connectivity index (χ2v) is 11.1. The monoisotopic (exact) mass is 475 g/mol. The summed E-state index contributed by atoms with van der Waals surface area (Å²) in [7, 11) is -3.67. The van der Waals surface area contributed by atoms with E-state index in [0.29, 0.717) is 10.6 Å².